The van der Waals surface area contributed by atoms with Gasteiger partial charge in [0, 0.05) is 19.3 Å². The molecule has 3 rings (SSSR count). The summed E-state index contributed by atoms with van der Waals surface area (Å²) >= 11 is 0. The van der Waals surface area contributed by atoms with Crippen LogP contribution in [0.5, 0.6) is 17.4 Å². The zero-order valence-electron chi connectivity index (χ0n) is 14.4. The largest absolute Gasteiger partial charge is 0.486 e. The fourth-order valence-electron chi connectivity index (χ4n) is 2.51. The summed E-state index contributed by atoms with van der Waals surface area (Å²) in [5, 5.41) is 0. The molecule has 0 saturated carbocycles. The van der Waals surface area contributed by atoms with Gasteiger partial charge in [0.25, 0.3) is 5.91 Å². The molecule has 0 spiro atoms. The summed E-state index contributed by atoms with van der Waals surface area (Å²) in [6.07, 6.45) is -3.61. The maximum absolute atomic E-state index is 12.5. The average molecular weight is 382 g/mol. The quantitative estimate of drug-likeness (QED) is 0.796. The van der Waals surface area contributed by atoms with Gasteiger partial charge in [0.15, 0.2) is 24.2 Å². The summed E-state index contributed by atoms with van der Waals surface area (Å²) in [6, 6.07) is 9.84. The van der Waals surface area contributed by atoms with Crippen LogP contribution in [0.15, 0.2) is 42.6 Å². The topological polar surface area (TPSA) is 60.9 Å². The minimum Gasteiger partial charge on any atom is -0.486 e. The highest BCUT2D eigenvalue weighted by atomic mass is 19.4. The van der Waals surface area contributed by atoms with Crippen LogP contribution in [-0.4, -0.2) is 54.9 Å². The van der Waals surface area contributed by atoms with Gasteiger partial charge in [0.1, 0.15) is 6.61 Å². The molecular weight excluding hydrogens is 365 g/mol. The van der Waals surface area contributed by atoms with E-state index in [0.29, 0.717) is 18.1 Å². The summed E-state index contributed by atoms with van der Waals surface area (Å²) in [5.74, 6) is 0.725. The predicted octanol–water partition coefficient (Wildman–Crippen LogP) is 2.93. The Balaban J connectivity index is 1.56. The number of ether oxygens (including phenoxy) is 3. The lowest BCUT2D eigenvalue weighted by atomic mass is 10.2. The minimum absolute atomic E-state index is 0.202. The molecule has 1 aromatic carbocycles. The Morgan fingerprint density at radius 1 is 1.26 bits per heavy atom. The van der Waals surface area contributed by atoms with E-state index in [2.05, 4.69) is 9.72 Å². The second kappa shape index (κ2) is 7.73. The van der Waals surface area contributed by atoms with Gasteiger partial charge in [-0.1, -0.05) is 12.1 Å². The van der Waals surface area contributed by atoms with Crippen LogP contribution in [0, 0.1) is 0 Å². The first-order valence-corrected chi connectivity index (χ1v) is 8.11. The van der Waals surface area contributed by atoms with Crippen molar-refractivity contribution in [2.24, 2.45) is 0 Å². The molecule has 144 valence electrons. The normalized spacial score (nSPS) is 15.9. The number of amides is 1. The molecule has 2 heterocycles. The third-order valence-electron chi connectivity index (χ3n) is 3.76. The van der Waals surface area contributed by atoms with Crippen molar-refractivity contribution in [1.82, 2.24) is 9.88 Å². The molecule has 6 nitrogen and oxygen atoms in total. The predicted molar refractivity (Wildman–Crippen MR) is 89.1 cm³/mol. The van der Waals surface area contributed by atoms with Crippen LogP contribution < -0.4 is 14.2 Å². The van der Waals surface area contributed by atoms with E-state index in [0.717, 1.165) is 0 Å². The molecule has 1 atom stereocenters. The van der Waals surface area contributed by atoms with E-state index in [1.54, 1.807) is 19.2 Å². The zero-order valence-corrected chi connectivity index (χ0v) is 14.4. The number of para-hydroxylation sites is 2. The van der Waals surface area contributed by atoms with Crippen molar-refractivity contribution in [2.45, 2.75) is 12.3 Å². The first-order valence-electron chi connectivity index (χ1n) is 8.11. The van der Waals surface area contributed by atoms with Gasteiger partial charge in [-0.3, -0.25) is 4.79 Å². The van der Waals surface area contributed by atoms with E-state index in [-0.39, 0.29) is 30.0 Å². The molecule has 1 aromatic heterocycles. The number of hydrogen-bond donors (Lipinski definition) is 0. The number of likely N-dealkylation sites (N-methyl/N-ethyl adjacent to an activating group) is 1. The number of hydrogen-bond acceptors (Lipinski definition) is 5. The number of benzene rings is 1. The molecule has 1 aliphatic heterocycles. The number of carbonyl (C=O) groups is 1. The fraction of sp³-hybridized carbons (Fsp3) is 0.333. The molecule has 1 aliphatic rings. The summed E-state index contributed by atoms with van der Waals surface area (Å²) in [4.78, 5) is 17.6. The van der Waals surface area contributed by atoms with Crippen LogP contribution >= 0.6 is 0 Å². The number of aromatic nitrogens is 1. The van der Waals surface area contributed by atoms with Crippen molar-refractivity contribution in [1.29, 1.82) is 0 Å². The molecule has 1 amide bonds. The van der Waals surface area contributed by atoms with Crippen molar-refractivity contribution in [3.05, 3.63) is 48.2 Å². The molecular formula is C18H17F3N2O4. The number of rotatable bonds is 5. The van der Waals surface area contributed by atoms with E-state index in [1.807, 2.05) is 12.1 Å². The van der Waals surface area contributed by atoms with Crippen molar-refractivity contribution in [3.8, 4) is 17.4 Å². The number of nitrogens with zero attached hydrogens (tertiary/aromatic N) is 2. The van der Waals surface area contributed by atoms with Crippen LogP contribution in [0.2, 0.25) is 0 Å². The second-order valence-corrected chi connectivity index (χ2v) is 5.97. The highest BCUT2D eigenvalue weighted by Crippen LogP contribution is 2.31. The molecule has 0 saturated heterocycles. The Labute approximate surface area is 153 Å². The molecule has 0 aliphatic carbocycles. The molecule has 0 N–H and O–H groups in total. The minimum atomic E-state index is -4.45. The zero-order chi connectivity index (χ0) is 19.4. The summed E-state index contributed by atoms with van der Waals surface area (Å²) < 4.78 is 52.3. The van der Waals surface area contributed by atoms with Crippen molar-refractivity contribution >= 4 is 5.91 Å². The highest BCUT2D eigenvalue weighted by Gasteiger charge is 2.29. The molecule has 0 bridgehead atoms. The summed E-state index contributed by atoms with van der Waals surface area (Å²) in [6.45, 7) is -0.857. The Hall–Kier alpha value is -2.97. The van der Waals surface area contributed by atoms with Gasteiger partial charge in [0.05, 0.1) is 12.1 Å². The first-order chi connectivity index (χ1) is 12.8. The molecule has 9 heteroatoms. The molecule has 0 radical (unpaired) electrons. The first kappa shape index (κ1) is 18.8. The molecule has 1 unspecified atom stereocenters. The van der Waals surface area contributed by atoms with Crippen LogP contribution in [0.4, 0.5) is 13.2 Å². The summed E-state index contributed by atoms with van der Waals surface area (Å²) in [7, 11) is 1.60. The molecule has 27 heavy (non-hydrogen) atoms. The smallest absolute Gasteiger partial charge is 0.422 e. The summed E-state index contributed by atoms with van der Waals surface area (Å²) in [5.41, 5.74) is 0.231. The average Bonchev–Trinajstić information content (AvgIpc) is 2.65. The Kier molecular flexibility index (Phi) is 5.38. The van der Waals surface area contributed by atoms with Crippen LogP contribution in [0.3, 0.4) is 0 Å². The standard InChI is InChI=1S/C18H17F3N2O4/c1-23(9-13-10-25-14-4-2-3-5-15(14)27-13)17(24)12-6-7-16(22-8-12)26-11-18(19,20)21/h2-8,13H,9-11H2,1H3. The number of carbonyl (C=O) groups excluding carboxylic acids is 1. The lowest BCUT2D eigenvalue weighted by Gasteiger charge is -2.29. The Bertz CT molecular complexity index is 796. The van der Waals surface area contributed by atoms with Crippen molar-refractivity contribution in [2.75, 3.05) is 26.8 Å². The third-order valence-corrected chi connectivity index (χ3v) is 3.76. The lowest BCUT2D eigenvalue weighted by Crippen LogP contribution is -2.41. The molecule has 2 aromatic rings. The van der Waals surface area contributed by atoms with E-state index in [9.17, 15) is 18.0 Å². The van der Waals surface area contributed by atoms with Gasteiger partial charge in [-0.2, -0.15) is 13.2 Å². The third kappa shape index (κ3) is 5.02. The van der Waals surface area contributed by atoms with Gasteiger partial charge in [-0.25, -0.2) is 4.98 Å². The maximum atomic E-state index is 12.5. The fourth-order valence-corrected chi connectivity index (χ4v) is 2.51. The van der Waals surface area contributed by atoms with Gasteiger partial charge in [-0.15, -0.1) is 0 Å². The number of pyridine rings is 1. The van der Waals surface area contributed by atoms with Crippen molar-refractivity contribution in [3.63, 3.8) is 0 Å². The Morgan fingerprint density at radius 2 is 2.00 bits per heavy atom. The van der Waals surface area contributed by atoms with Gasteiger partial charge in [0.2, 0.25) is 5.88 Å². The highest BCUT2D eigenvalue weighted by molar-refractivity contribution is 5.93. The van der Waals surface area contributed by atoms with E-state index < -0.39 is 12.8 Å². The maximum Gasteiger partial charge on any atom is 0.422 e. The van der Waals surface area contributed by atoms with Gasteiger partial charge in [-0.05, 0) is 18.2 Å². The van der Waals surface area contributed by atoms with Crippen LogP contribution in [0.25, 0.3) is 0 Å². The lowest BCUT2D eigenvalue weighted by molar-refractivity contribution is -0.154. The Morgan fingerprint density at radius 3 is 2.67 bits per heavy atom. The number of halogens is 3. The van der Waals surface area contributed by atoms with E-state index in [1.165, 1.54) is 23.2 Å². The van der Waals surface area contributed by atoms with Gasteiger partial charge < -0.3 is 19.1 Å². The number of alkyl halides is 3. The SMILES string of the molecule is CN(CC1COc2ccccc2O1)C(=O)c1ccc(OCC(F)(F)F)nc1. The van der Waals surface area contributed by atoms with Crippen LogP contribution in [-0.2, 0) is 0 Å². The van der Waals surface area contributed by atoms with E-state index >= 15 is 0 Å². The monoisotopic (exact) mass is 382 g/mol. The second-order valence-electron chi connectivity index (χ2n) is 5.97. The number of fused-ring (bicyclic) bond motifs is 1. The van der Waals surface area contributed by atoms with Crippen molar-refractivity contribution < 1.29 is 32.2 Å². The van der Waals surface area contributed by atoms with Crippen LogP contribution in [0.1, 0.15) is 10.4 Å². The molecule has 0 fully saturated rings. The van der Waals surface area contributed by atoms with E-state index in [4.69, 9.17) is 9.47 Å². The van der Waals surface area contributed by atoms with Gasteiger partial charge >= 0.3 is 6.18 Å².